The Kier molecular flexibility index (Phi) is 5.27. The van der Waals surface area contributed by atoms with Crippen molar-refractivity contribution in [3.63, 3.8) is 0 Å². The summed E-state index contributed by atoms with van der Waals surface area (Å²) in [5.41, 5.74) is 4.15. The molecule has 2 rings (SSSR count). The molecule has 0 bridgehead atoms. The average molecular weight is 357 g/mol. The van der Waals surface area contributed by atoms with Crippen LogP contribution in [0.1, 0.15) is 17.2 Å². The van der Waals surface area contributed by atoms with Gasteiger partial charge >= 0.3 is 0 Å². The number of hydrogen-bond donors (Lipinski definition) is 2. The van der Waals surface area contributed by atoms with E-state index in [-0.39, 0.29) is 10.5 Å². The first-order valence-electron chi connectivity index (χ1n) is 6.29. The summed E-state index contributed by atoms with van der Waals surface area (Å²) in [6, 6.07) is 9.72. The molecule has 3 nitrogen and oxygen atoms in total. The van der Waals surface area contributed by atoms with Gasteiger partial charge < -0.3 is 4.74 Å². The van der Waals surface area contributed by atoms with Crippen LogP contribution in [0.4, 0.5) is 8.78 Å². The van der Waals surface area contributed by atoms with Crippen molar-refractivity contribution in [1.29, 1.82) is 0 Å². The van der Waals surface area contributed by atoms with Gasteiger partial charge in [-0.2, -0.15) is 0 Å². The van der Waals surface area contributed by atoms with Gasteiger partial charge in [0.2, 0.25) is 0 Å². The number of nitrogens with two attached hydrogens (primary N) is 1. The van der Waals surface area contributed by atoms with Crippen LogP contribution < -0.4 is 16.0 Å². The lowest BCUT2D eigenvalue weighted by Crippen LogP contribution is -2.30. The van der Waals surface area contributed by atoms with Crippen LogP contribution in [-0.2, 0) is 6.42 Å². The lowest BCUT2D eigenvalue weighted by atomic mass is 9.99. The van der Waals surface area contributed by atoms with Crippen LogP contribution >= 0.6 is 15.9 Å². The number of halogens is 3. The maximum Gasteiger partial charge on any atom is 0.173 e. The van der Waals surface area contributed by atoms with E-state index in [1.54, 1.807) is 7.11 Å². The van der Waals surface area contributed by atoms with Crippen molar-refractivity contribution in [2.45, 2.75) is 12.5 Å². The second-order valence-corrected chi connectivity index (χ2v) is 5.33. The number of nitrogens with one attached hydrogen (secondary N) is 1. The molecule has 2 aromatic carbocycles. The van der Waals surface area contributed by atoms with E-state index in [0.717, 1.165) is 17.4 Å². The zero-order valence-electron chi connectivity index (χ0n) is 11.4. The summed E-state index contributed by atoms with van der Waals surface area (Å²) in [7, 11) is 1.59. The maximum atomic E-state index is 13.6. The molecule has 0 saturated carbocycles. The van der Waals surface area contributed by atoms with Crippen molar-refractivity contribution in [2.75, 3.05) is 7.11 Å². The number of methoxy groups -OCH3 is 1. The Morgan fingerprint density at radius 3 is 2.71 bits per heavy atom. The molecule has 112 valence electrons. The summed E-state index contributed by atoms with van der Waals surface area (Å²) in [6.45, 7) is 0. The quantitative estimate of drug-likeness (QED) is 0.489. The molecule has 0 radical (unpaired) electrons. The summed E-state index contributed by atoms with van der Waals surface area (Å²) in [6.07, 6.45) is 0.511. The summed E-state index contributed by atoms with van der Waals surface area (Å²) in [5, 5.41) is 0. The Morgan fingerprint density at radius 2 is 2.05 bits per heavy atom. The largest absolute Gasteiger partial charge is 0.497 e. The average Bonchev–Trinajstić information content (AvgIpc) is 2.51. The van der Waals surface area contributed by atoms with Crippen molar-refractivity contribution in [1.82, 2.24) is 5.43 Å². The topological polar surface area (TPSA) is 47.3 Å². The van der Waals surface area contributed by atoms with Gasteiger partial charge in [0.1, 0.15) is 5.75 Å². The zero-order chi connectivity index (χ0) is 15.4. The van der Waals surface area contributed by atoms with Gasteiger partial charge in [-0.25, -0.2) is 8.78 Å². The Bertz CT molecular complexity index is 637. The minimum atomic E-state index is -0.918. The van der Waals surface area contributed by atoms with E-state index in [9.17, 15) is 8.78 Å². The van der Waals surface area contributed by atoms with Crippen LogP contribution in [0.25, 0.3) is 0 Å². The van der Waals surface area contributed by atoms with E-state index in [1.165, 1.54) is 6.07 Å². The summed E-state index contributed by atoms with van der Waals surface area (Å²) in [4.78, 5) is 0. The van der Waals surface area contributed by atoms with E-state index < -0.39 is 11.6 Å². The molecule has 0 spiro atoms. The van der Waals surface area contributed by atoms with Gasteiger partial charge in [0.05, 0.1) is 17.6 Å². The molecule has 0 saturated heterocycles. The fourth-order valence-electron chi connectivity index (χ4n) is 2.10. The molecule has 3 N–H and O–H groups in total. The minimum Gasteiger partial charge on any atom is -0.497 e. The third kappa shape index (κ3) is 3.58. The van der Waals surface area contributed by atoms with E-state index >= 15 is 0 Å². The second-order valence-electron chi connectivity index (χ2n) is 4.54. The summed E-state index contributed by atoms with van der Waals surface area (Å²) < 4.78 is 32.1. The number of hydrogen-bond acceptors (Lipinski definition) is 3. The first kappa shape index (κ1) is 15.9. The maximum absolute atomic E-state index is 13.6. The monoisotopic (exact) mass is 356 g/mol. The molecule has 0 heterocycles. The van der Waals surface area contributed by atoms with Gasteiger partial charge in [-0.1, -0.05) is 18.2 Å². The zero-order valence-corrected chi connectivity index (χ0v) is 13.0. The Morgan fingerprint density at radius 1 is 1.29 bits per heavy atom. The molecule has 1 unspecified atom stereocenters. The molecule has 0 amide bonds. The van der Waals surface area contributed by atoms with E-state index in [0.29, 0.717) is 12.0 Å². The van der Waals surface area contributed by atoms with E-state index in [2.05, 4.69) is 21.4 Å². The highest BCUT2D eigenvalue weighted by Crippen LogP contribution is 2.30. The van der Waals surface area contributed by atoms with Crippen molar-refractivity contribution < 1.29 is 13.5 Å². The normalized spacial score (nSPS) is 12.2. The molecule has 6 heteroatoms. The lowest BCUT2D eigenvalue weighted by Gasteiger charge is -2.18. The van der Waals surface area contributed by atoms with Gasteiger partial charge in [0.15, 0.2) is 11.6 Å². The Labute approximate surface area is 130 Å². The summed E-state index contributed by atoms with van der Waals surface area (Å²) in [5.74, 6) is 4.47. The second kappa shape index (κ2) is 6.98. The van der Waals surface area contributed by atoms with Gasteiger partial charge in [-0.3, -0.25) is 11.3 Å². The van der Waals surface area contributed by atoms with Crippen LogP contribution in [0, 0.1) is 11.6 Å². The molecule has 0 fully saturated rings. The molecule has 0 aliphatic carbocycles. The van der Waals surface area contributed by atoms with Crippen molar-refractivity contribution in [3.8, 4) is 5.75 Å². The fourth-order valence-corrected chi connectivity index (χ4v) is 2.70. The van der Waals surface area contributed by atoms with E-state index in [4.69, 9.17) is 10.6 Å². The van der Waals surface area contributed by atoms with Crippen LogP contribution in [0.5, 0.6) is 5.75 Å². The van der Waals surface area contributed by atoms with Gasteiger partial charge in [0.25, 0.3) is 0 Å². The Hall–Kier alpha value is -1.50. The molecular weight excluding hydrogens is 342 g/mol. The van der Waals surface area contributed by atoms with E-state index in [1.807, 2.05) is 24.3 Å². The van der Waals surface area contributed by atoms with Crippen molar-refractivity contribution in [2.24, 2.45) is 5.84 Å². The molecular formula is C15H15BrF2N2O. The first-order valence-corrected chi connectivity index (χ1v) is 7.08. The van der Waals surface area contributed by atoms with Crippen LogP contribution in [0.15, 0.2) is 40.9 Å². The third-order valence-electron chi connectivity index (χ3n) is 3.22. The standard InChI is InChI=1S/C15H15BrF2N2O/c1-21-10-4-2-3-9(7-10)8-13(20-19)11-5-6-12(17)15(18)14(11)16/h2-7,13,20H,8,19H2,1H3. The SMILES string of the molecule is COc1cccc(CC(NN)c2ccc(F)c(F)c2Br)c1. The summed E-state index contributed by atoms with van der Waals surface area (Å²) >= 11 is 3.08. The number of hydrazine groups is 1. The van der Waals surface area contributed by atoms with Gasteiger partial charge in [-0.15, -0.1) is 0 Å². The highest BCUT2D eigenvalue weighted by molar-refractivity contribution is 9.10. The van der Waals surface area contributed by atoms with Crippen LogP contribution in [0.2, 0.25) is 0 Å². The lowest BCUT2D eigenvalue weighted by molar-refractivity contribution is 0.413. The smallest absolute Gasteiger partial charge is 0.173 e. The molecule has 2 aromatic rings. The van der Waals surface area contributed by atoms with Crippen molar-refractivity contribution >= 4 is 15.9 Å². The molecule has 0 aliphatic heterocycles. The number of benzene rings is 2. The van der Waals surface area contributed by atoms with Gasteiger partial charge in [0, 0.05) is 0 Å². The third-order valence-corrected chi connectivity index (χ3v) is 4.02. The highest BCUT2D eigenvalue weighted by atomic mass is 79.9. The predicted molar refractivity (Wildman–Crippen MR) is 80.8 cm³/mol. The molecule has 21 heavy (non-hydrogen) atoms. The molecule has 0 aliphatic rings. The first-order chi connectivity index (χ1) is 10.1. The van der Waals surface area contributed by atoms with Gasteiger partial charge in [-0.05, 0) is 51.7 Å². The molecule has 0 aromatic heterocycles. The Balaban J connectivity index is 2.30. The number of rotatable bonds is 5. The number of ether oxygens (including phenoxy) is 1. The molecule has 1 atom stereocenters. The highest BCUT2D eigenvalue weighted by Gasteiger charge is 2.18. The predicted octanol–water partition coefficient (Wildman–Crippen LogP) is 3.48. The van der Waals surface area contributed by atoms with Crippen molar-refractivity contribution in [3.05, 3.63) is 63.6 Å². The minimum absolute atomic E-state index is 0.0772. The van der Waals surface area contributed by atoms with Crippen LogP contribution in [0.3, 0.4) is 0 Å². The fraction of sp³-hybridized carbons (Fsp3) is 0.200. The van der Waals surface area contributed by atoms with Crippen LogP contribution in [-0.4, -0.2) is 7.11 Å².